The Labute approximate surface area is 96.5 Å². The third-order valence-corrected chi connectivity index (χ3v) is 2.17. The van der Waals surface area contributed by atoms with E-state index >= 15 is 0 Å². The number of rotatable bonds is 2. The van der Waals surface area contributed by atoms with Crippen LogP contribution in [0.25, 0.3) is 0 Å². The standard InChI is InChI=1S/C11H10F2N4/c1-6-5-15-11(14)17-10(6)16-9-3-2-7(12)4-8(9)13/h2-5H,1H3,(H3,14,15,16,17). The molecule has 17 heavy (non-hydrogen) atoms. The number of halogens is 2. The highest BCUT2D eigenvalue weighted by Crippen LogP contribution is 2.21. The molecule has 0 aliphatic rings. The summed E-state index contributed by atoms with van der Waals surface area (Å²) in [5.41, 5.74) is 6.27. The lowest BCUT2D eigenvalue weighted by Gasteiger charge is -2.09. The van der Waals surface area contributed by atoms with E-state index in [9.17, 15) is 8.78 Å². The molecule has 6 heteroatoms. The number of nitrogens with two attached hydrogens (primary N) is 1. The first-order chi connectivity index (χ1) is 8.06. The summed E-state index contributed by atoms with van der Waals surface area (Å²) in [6, 6.07) is 3.25. The van der Waals surface area contributed by atoms with Crippen LogP contribution < -0.4 is 11.1 Å². The maximum Gasteiger partial charge on any atom is 0.221 e. The number of hydrogen-bond donors (Lipinski definition) is 2. The Morgan fingerprint density at radius 3 is 2.76 bits per heavy atom. The third-order valence-electron chi connectivity index (χ3n) is 2.17. The molecular weight excluding hydrogens is 226 g/mol. The molecule has 1 heterocycles. The van der Waals surface area contributed by atoms with Crippen molar-refractivity contribution in [2.24, 2.45) is 0 Å². The highest BCUT2D eigenvalue weighted by Gasteiger charge is 2.07. The molecule has 0 fully saturated rings. The second-order valence-electron chi connectivity index (χ2n) is 3.51. The SMILES string of the molecule is Cc1cnc(N)nc1Nc1ccc(F)cc1F. The summed E-state index contributed by atoms with van der Waals surface area (Å²) in [7, 11) is 0. The summed E-state index contributed by atoms with van der Waals surface area (Å²) in [6.07, 6.45) is 1.52. The lowest BCUT2D eigenvalue weighted by atomic mass is 10.2. The fourth-order valence-electron chi connectivity index (χ4n) is 1.30. The molecule has 2 rings (SSSR count). The fraction of sp³-hybridized carbons (Fsp3) is 0.0909. The predicted octanol–water partition coefficient (Wildman–Crippen LogP) is 2.39. The smallest absolute Gasteiger partial charge is 0.221 e. The molecule has 0 aliphatic carbocycles. The Bertz CT molecular complexity index is 557. The van der Waals surface area contributed by atoms with Gasteiger partial charge in [-0.1, -0.05) is 0 Å². The zero-order chi connectivity index (χ0) is 12.4. The monoisotopic (exact) mass is 236 g/mol. The van der Waals surface area contributed by atoms with Crippen molar-refractivity contribution in [3.05, 3.63) is 41.6 Å². The van der Waals surface area contributed by atoms with Gasteiger partial charge in [0.2, 0.25) is 5.95 Å². The molecule has 2 aromatic rings. The molecule has 0 unspecified atom stereocenters. The summed E-state index contributed by atoms with van der Waals surface area (Å²) < 4.78 is 26.1. The molecule has 1 aromatic heterocycles. The Hall–Kier alpha value is -2.24. The highest BCUT2D eigenvalue weighted by atomic mass is 19.1. The molecule has 0 bridgehead atoms. The lowest BCUT2D eigenvalue weighted by molar-refractivity contribution is 0.586. The Kier molecular flexibility index (Phi) is 2.86. The van der Waals surface area contributed by atoms with Crippen LogP contribution in [-0.4, -0.2) is 9.97 Å². The summed E-state index contributed by atoms with van der Waals surface area (Å²) in [5, 5.41) is 2.74. The van der Waals surface area contributed by atoms with Gasteiger partial charge in [-0.2, -0.15) is 4.98 Å². The summed E-state index contributed by atoms with van der Waals surface area (Å²) in [6.45, 7) is 1.75. The zero-order valence-corrected chi connectivity index (χ0v) is 9.04. The minimum atomic E-state index is -0.693. The van der Waals surface area contributed by atoms with E-state index in [1.165, 1.54) is 12.3 Å². The molecule has 3 N–H and O–H groups in total. The maximum absolute atomic E-state index is 13.4. The molecule has 0 atom stereocenters. The number of hydrogen-bond acceptors (Lipinski definition) is 4. The van der Waals surface area contributed by atoms with Crippen LogP contribution >= 0.6 is 0 Å². The van der Waals surface area contributed by atoms with Gasteiger partial charge in [0.15, 0.2) is 0 Å². The van der Waals surface area contributed by atoms with Gasteiger partial charge in [0, 0.05) is 17.8 Å². The molecule has 88 valence electrons. The van der Waals surface area contributed by atoms with Crippen LogP contribution in [-0.2, 0) is 0 Å². The molecule has 0 saturated carbocycles. The van der Waals surface area contributed by atoms with E-state index in [2.05, 4.69) is 15.3 Å². The average Bonchev–Trinajstić information content (AvgIpc) is 2.27. The molecule has 0 amide bonds. The maximum atomic E-state index is 13.4. The number of aromatic nitrogens is 2. The lowest BCUT2D eigenvalue weighted by Crippen LogP contribution is -2.03. The fourth-order valence-corrected chi connectivity index (χ4v) is 1.30. The molecule has 0 radical (unpaired) electrons. The number of nitrogens with one attached hydrogen (secondary N) is 1. The van der Waals surface area contributed by atoms with Gasteiger partial charge in [-0.25, -0.2) is 13.8 Å². The Morgan fingerprint density at radius 1 is 1.29 bits per heavy atom. The van der Waals surface area contributed by atoms with Crippen LogP contribution in [0.5, 0.6) is 0 Å². The summed E-state index contributed by atoms with van der Waals surface area (Å²) >= 11 is 0. The largest absolute Gasteiger partial charge is 0.368 e. The van der Waals surface area contributed by atoms with Gasteiger partial charge in [-0.05, 0) is 19.1 Å². The van der Waals surface area contributed by atoms with Crippen molar-refractivity contribution in [1.29, 1.82) is 0 Å². The Balaban J connectivity index is 2.34. The molecule has 0 saturated heterocycles. The van der Waals surface area contributed by atoms with Crippen LogP contribution in [0.2, 0.25) is 0 Å². The number of nitrogens with zero attached hydrogens (tertiary/aromatic N) is 2. The number of anilines is 3. The molecule has 1 aromatic carbocycles. The highest BCUT2D eigenvalue weighted by molar-refractivity contribution is 5.60. The van der Waals surface area contributed by atoms with Gasteiger partial charge >= 0.3 is 0 Å². The second-order valence-corrected chi connectivity index (χ2v) is 3.51. The van der Waals surface area contributed by atoms with Gasteiger partial charge in [-0.3, -0.25) is 0 Å². The predicted molar refractivity (Wildman–Crippen MR) is 60.8 cm³/mol. The van der Waals surface area contributed by atoms with Crippen LogP contribution in [0.1, 0.15) is 5.56 Å². The van der Waals surface area contributed by atoms with Crippen molar-refractivity contribution < 1.29 is 8.78 Å². The van der Waals surface area contributed by atoms with E-state index in [4.69, 9.17) is 5.73 Å². The van der Waals surface area contributed by atoms with Gasteiger partial charge in [0.1, 0.15) is 17.5 Å². The minimum absolute atomic E-state index is 0.0839. The van der Waals surface area contributed by atoms with Crippen molar-refractivity contribution >= 4 is 17.5 Å². The van der Waals surface area contributed by atoms with Crippen molar-refractivity contribution in [2.75, 3.05) is 11.1 Å². The summed E-state index contributed by atoms with van der Waals surface area (Å²) in [5.74, 6) is -0.850. The van der Waals surface area contributed by atoms with Gasteiger partial charge in [0.25, 0.3) is 0 Å². The van der Waals surface area contributed by atoms with Crippen molar-refractivity contribution in [3.8, 4) is 0 Å². The average molecular weight is 236 g/mol. The molecule has 0 aliphatic heterocycles. The van der Waals surface area contributed by atoms with E-state index in [-0.39, 0.29) is 11.6 Å². The van der Waals surface area contributed by atoms with Crippen molar-refractivity contribution in [3.63, 3.8) is 0 Å². The van der Waals surface area contributed by atoms with E-state index in [1.807, 2.05) is 0 Å². The zero-order valence-electron chi connectivity index (χ0n) is 9.04. The van der Waals surface area contributed by atoms with E-state index < -0.39 is 11.6 Å². The number of nitrogen functional groups attached to an aromatic ring is 1. The van der Waals surface area contributed by atoms with E-state index in [0.717, 1.165) is 12.1 Å². The van der Waals surface area contributed by atoms with Crippen LogP contribution in [0.4, 0.5) is 26.2 Å². The molecule has 4 nitrogen and oxygen atoms in total. The van der Waals surface area contributed by atoms with Gasteiger partial charge < -0.3 is 11.1 Å². The first kappa shape index (κ1) is 11.3. The van der Waals surface area contributed by atoms with E-state index in [0.29, 0.717) is 11.4 Å². The van der Waals surface area contributed by atoms with E-state index in [1.54, 1.807) is 6.92 Å². The summed E-state index contributed by atoms with van der Waals surface area (Å²) in [4.78, 5) is 7.72. The van der Waals surface area contributed by atoms with Crippen LogP contribution in [0.15, 0.2) is 24.4 Å². The molecular formula is C11H10F2N4. The number of benzene rings is 1. The third kappa shape index (κ3) is 2.47. The molecule has 0 spiro atoms. The van der Waals surface area contributed by atoms with Gasteiger partial charge in [-0.15, -0.1) is 0 Å². The van der Waals surface area contributed by atoms with Crippen LogP contribution in [0.3, 0.4) is 0 Å². The van der Waals surface area contributed by atoms with Gasteiger partial charge in [0.05, 0.1) is 5.69 Å². The Morgan fingerprint density at radius 2 is 2.06 bits per heavy atom. The second kappa shape index (κ2) is 4.32. The van der Waals surface area contributed by atoms with Crippen molar-refractivity contribution in [2.45, 2.75) is 6.92 Å². The van der Waals surface area contributed by atoms with Crippen molar-refractivity contribution in [1.82, 2.24) is 9.97 Å². The normalized spacial score (nSPS) is 10.3. The number of aryl methyl sites for hydroxylation is 1. The first-order valence-electron chi connectivity index (χ1n) is 4.87. The first-order valence-corrected chi connectivity index (χ1v) is 4.87. The topological polar surface area (TPSA) is 63.8 Å². The minimum Gasteiger partial charge on any atom is -0.368 e. The van der Waals surface area contributed by atoms with Crippen LogP contribution in [0, 0.1) is 18.6 Å². The quantitative estimate of drug-likeness (QED) is 0.840.